The summed E-state index contributed by atoms with van der Waals surface area (Å²) in [7, 11) is -3.81. The summed E-state index contributed by atoms with van der Waals surface area (Å²) in [6, 6.07) is 19.5. The number of allylic oxidation sites excluding steroid dienone is 1. The Labute approximate surface area is 185 Å². The number of fused-ring (bicyclic) bond motifs is 1. The van der Waals surface area contributed by atoms with E-state index in [0.717, 1.165) is 10.8 Å². The molecule has 8 heteroatoms. The molecule has 4 aromatic rings. The van der Waals surface area contributed by atoms with Crippen LogP contribution in [-0.2, 0) is 10.0 Å². The van der Waals surface area contributed by atoms with Crippen LogP contribution in [0, 0.1) is 13.8 Å². The number of carbonyl (C=O) groups excluding carboxylic acids is 1. The third kappa shape index (κ3) is 4.55. The first-order valence-corrected chi connectivity index (χ1v) is 11.3. The molecule has 0 radical (unpaired) electrons. The molecule has 0 aliphatic heterocycles. The number of benzene rings is 3. The van der Waals surface area contributed by atoms with Crippen molar-refractivity contribution in [2.24, 2.45) is 0 Å². The maximum Gasteiger partial charge on any atom is 0.264 e. The molecule has 0 unspecified atom stereocenters. The van der Waals surface area contributed by atoms with Crippen LogP contribution in [0.5, 0.6) is 0 Å². The highest BCUT2D eigenvalue weighted by Crippen LogP contribution is 2.22. The van der Waals surface area contributed by atoms with Crippen molar-refractivity contribution < 1.29 is 17.7 Å². The average Bonchev–Trinajstić information content (AvgIpc) is 3.10. The molecule has 0 saturated carbocycles. The number of hydrogen-bond donors (Lipinski definition) is 2. The molecule has 2 N–H and O–H groups in total. The molecule has 0 bridgehead atoms. The predicted molar refractivity (Wildman–Crippen MR) is 124 cm³/mol. The second-order valence-electron chi connectivity index (χ2n) is 7.26. The molecule has 0 fully saturated rings. The van der Waals surface area contributed by atoms with Gasteiger partial charge in [-0.1, -0.05) is 41.6 Å². The van der Waals surface area contributed by atoms with Crippen molar-refractivity contribution in [3.8, 4) is 0 Å². The molecule has 162 valence electrons. The highest BCUT2D eigenvalue weighted by atomic mass is 32.2. The highest BCUT2D eigenvalue weighted by molar-refractivity contribution is 7.92. The summed E-state index contributed by atoms with van der Waals surface area (Å²) >= 11 is 0. The van der Waals surface area contributed by atoms with Crippen molar-refractivity contribution >= 4 is 38.2 Å². The van der Waals surface area contributed by atoms with Crippen LogP contribution in [-0.4, -0.2) is 19.4 Å². The molecule has 0 saturated heterocycles. The fourth-order valence-electron chi connectivity index (χ4n) is 3.07. The minimum absolute atomic E-state index is 0.0766. The van der Waals surface area contributed by atoms with E-state index in [4.69, 9.17) is 4.52 Å². The molecule has 4 rings (SSSR count). The van der Waals surface area contributed by atoms with Gasteiger partial charge in [0.2, 0.25) is 5.88 Å². The zero-order valence-corrected chi connectivity index (χ0v) is 18.3. The molecular formula is C24H21N3O4S. The first-order chi connectivity index (χ1) is 15.3. The largest absolute Gasteiger partial charge is 0.362 e. The van der Waals surface area contributed by atoms with Gasteiger partial charge >= 0.3 is 0 Å². The number of carbonyl (C=O) groups is 1. The zero-order valence-electron chi connectivity index (χ0n) is 17.5. The third-order valence-electron chi connectivity index (χ3n) is 5.07. The fraction of sp³-hybridized carbons (Fsp3) is 0.0833. The minimum Gasteiger partial charge on any atom is -0.362 e. The van der Waals surface area contributed by atoms with E-state index in [-0.39, 0.29) is 16.6 Å². The molecule has 7 nitrogen and oxygen atoms in total. The van der Waals surface area contributed by atoms with Gasteiger partial charge in [-0.2, -0.15) is 0 Å². The molecule has 3 aromatic carbocycles. The van der Waals surface area contributed by atoms with Gasteiger partial charge in [0.15, 0.2) is 5.78 Å². The normalized spacial score (nSPS) is 11.7. The number of aromatic nitrogens is 1. The molecule has 1 heterocycles. The Hall–Kier alpha value is -3.91. The van der Waals surface area contributed by atoms with E-state index < -0.39 is 10.0 Å². The van der Waals surface area contributed by atoms with Gasteiger partial charge in [-0.05, 0) is 55.0 Å². The van der Waals surface area contributed by atoms with Crippen LogP contribution >= 0.6 is 0 Å². The molecule has 1 aromatic heterocycles. The number of rotatable bonds is 7. The van der Waals surface area contributed by atoms with Crippen LogP contribution < -0.4 is 10.0 Å². The maximum atomic E-state index is 12.5. The first-order valence-electron chi connectivity index (χ1n) is 9.85. The average molecular weight is 448 g/mol. The first kappa shape index (κ1) is 21.3. The number of nitrogens with one attached hydrogen (secondary N) is 2. The van der Waals surface area contributed by atoms with Crippen molar-refractivity contribution in [3.05, 3.63) is 95.8 Å². The lowest BCUT2D eigenvalue weighted by molar-refractivity contribution is 0.104. The monoisotopic (exact) mass is 447 g/mol. The summed E-state index contributed by atoms with van der Waals surface area (Å²) in [5.74, 6) is -0.0378. The van der Waals surface area contributed by atoms with Gasteiger partial charge in [0.25, 0.3) is 10.0 Å². The lowest BCUT2D eigenvalue weighted by Gasteiger charge is -2.07. The molecule has 0 amide bonds. The molecule has 0 atom stereocenters. The lowest BCUT2D eigenvalue weighted by Crippen LogP contribution is -2.13. The number of ketones is 1. The van der Waals surface area contributed by atoms with Gasteiger partial charge in [0.1, 0.15) is 0 Å². The molecule has 0 spiro atoms. The van der Waals surface area contributed by atoms with Gasteiger partial charge in [-0.25, -0.2) is 13.1 Å². The summed E-state index contributed by atoms with van der Waals surface area (Å²) in [5, 5.41) is 8.80. The quantitative estimate of drug-likeness (QED) is 0.304. The summed E-state index contributed by atoms with van der Waals surface area (Å²) < 4.78 is 32.5. The van der Waals surface area contributed by atoms with Crippen LogP contribution in [0.3, 0.4) is 0 Å². The van der Waals surface area contributed by atoms with E-state index in [1.807, 2.05) is 36.4 Å². The van der Waals surface area contributed by atoms with Crippen molar-refractivity contribution in [2.75, 3.05) is 10.0 Å². The van der Waals surface area contributed by atoms with E-state index in [1.165, 1.54) is 24.4 Å². The standard InChI is InChI=1S/C24H21N3O4S/c1-16-17(2)26-31-24(16)27-32(29,30)22-11-9-21(10-12-22)25-14-13-23(28)20-8-7-18-5-3-4-6-19(18)15-20/h3-15,25,27H,1-2H3/b14-13-. The number of anilines is 2. The summed E-state index contributed by atoms with van der Waals surface area (Å²) in [6.45, 7) is 3.46. The van der Waals surface area contributed by atoms with Crippen LogP contribution in [0.15, 0.2) is 88.4 Å². The minimum atomic E-state index is -3.81. The van der Waals surface area contributed by atoms with Crippen molar-refractivity contribution in [3.63, 3.8) is 0 Å². The Balaban J connectivity index is 1.41. The van der Waals surface area contributed by atoms with E-state index in [0.29, 0.717) is 22.5 Å². The number of nitrogens with zero attached hydrogens (tertiary/aromatic N) is 1. The molecule has 0 aliphatic rings. The zero-order chi connectivity index (χ0) is 22.7. The highest BCUT2D eigenvalue weighted by Gasteiger charge is 2.19. The van der Waals surface area contributed by atoms with Gasteiger partial charge in [0.05, 0.1) is 10.6 Å². The molecule has 0 aliphatic carbocycles. The SMILES string of the molecule is Cc1noc(NS(=O)(=O)c2ccc(N/C=C\C(=O)c3ccc4ccccc4c3)cc2)c1C. The smallest absolute Gasteiger partial charge is 0.264 e. The predicted octanol–water partition coefficient (Wildman–Crippen LogP) is 5.05. The van der Waals surface area contributed by atoms with Crippen LogP contribution in [0.4, 0.5) is 11.6 Å². The topological polar surface area (TPSA) is 101 Å². The summed E-state index contributed by atoms with van der Waals surface area (Å²) in [4.78, 5) is 12.5. The van der Waals surface area contributed by atoms with Gasteiger partial charge in [-0.15, -0.1) is 0 Å². The van der Waals surface area contributed by atoms with E-state index in [1.54, 1.807) is 32.0 Å². The van der Waals surface area contributed by atoms with E-state index in [2.05, 4.69) is 15.2 Å². The Morgan fingerprint density at radius 3 is 2.38 bits per heavy atom. The Morgan fingerprint density at radius 2 is 1.69 bits per heavy atom. The van der Waals surface area contributed by atoms with Crippen molar-refractivity contribution in [1.82, 2.24) is 5.16 Å². The second kappa shape index (κ2) is 8.68. The maximum absolute atomic E-state index is 12.5. The third-order valence-corrected chi connectivity index (χ3v) is 6.41. The summed E-state index contributed by atoms with van der Waals surface area (Å²) in [6.07, 6.45) is 2.96. The van der Waals surface area contributed by atoms with Crippen LogP contribution in [0.2, 0.25) is 0 Å². The number of hydrogen-bond acceptors (Lipinski definition) is 6. The van der Waals surface area contributed by atoms with E-state index >= 15 is 0 Å². The fourth-order valence-corrected chi connectivity index (χ4v) is 4.12. The molecular weight excluding hydrogens is 426 g/mol. The number of sulfonamides is 1. The Kier molecular flexibility index (Phi) is 5.79. The second-order valence-corrected chi connectivity index (χ2v) is 8.94. The Morgan fingerprint density at radius 1 is 0.969 bits per heavy atom. The van der Waals surface area contributed by atoms with Crippen molar-refractivity contribution in [2.45, 2.75) is 18.7 Å². The van der Waals surface area contributed by atoms with Gasteiger partial charge in [0, 0.05) is 29.1 Å². The Bertz CT molecular complexity index is 1420. The van der Waals surface area contributed by atoms with Gasteiger partial charge in [-0.3, -0.25) is 4.79 Å². The number of aryl methyl sites for hydroxylation is 1. The summed E-state index contributed by atoms with van der Waals surface area (Å²) in [5.41, 5.74) is 2.48. The van der Waals surface area contributed by atoms with Crippen LogP contribution in [0.1, 0.15) is 21.6 Å². The van der Waals surface area contributed by atoms with Crippen LogP contribution in [0.25, 0.3) is 10.8 Å². The van der Waals surface area contributed by atoms with Gasteiger partial charge < -0.3 is 9.84 Å². The van der Waals surface area contributed by atoms with E-state index in [9.17, 15) is 13.2 Å². The lowest BCUT2D eigenvalue weighted by atomic mass is 10.0. The van der Waals surface area contributed by atoms with Crippen molar-refractivity contribution in [1.29, 1.82) is 0 Å². The molecule has 32 heavy (non-hydrogen) atoms.